The Labute approximate surface area is 158 Å². The largest absolute Gasteiger partial charge is 0.394 e. The van der Waals surface area contributed by atoms with Crippen molar-refractivity contribution in [2.75, 3.05) is 18.5 Å². The monoisotopic (exact) mass is 401 g/mol. The number of pyridine rings is 1. The van der Waals surface area contributed by atoms with E-state index in [1.807, 2.05) is 5.48 Å². The van der Waals surface area contributed by atoms with Crippen molar-refractivity contribution in [3.05, 3.63) is 51.8 Å². The van der Waals surface area contributed by atoms with Gasteiger partial charge in [0.15, 0.2) is 11.6 Å². The molecule has 27 heavy (non-hydrogen) atoms. The Morgan fingerprint density at radius 3 is 2.74 bits per heavy atom. The number of aryl methyl sites for hydroxylation is 1. The minimum absolute atomic E-state index is 0.247. The lowest BCUT2D eigenvalue weighted by Crippen LogP contribution is -2.30. The third-order valence-corrected chi connectivity index (χ3v) is 4.25. The van der Waals surface area contributed by atoms with E-state index in [4.69, 9.17) is 21.5 Å². The van der Waals surface area contributed by atoms with Gasteiger partial charge >= 0.3 is 0 Å². The standard InChI is InChI=1S/C17H18ClF2N3O4/c1-8-13(5-21-9(2)14(8)18)22-16-11(3-4-12(19)15(16)20)17(26)23-27-7-10(25)6-24/h3-5,10,22,24-25H,6-7H2,1-2H3,(H,23,26). The number of anilines is 2. The van der Waals surface area contributed by atoms with E-state index in [-0.39, 0.29) is 12.2 Å². The number of aliphatic hydroxyl groups excluding tert-OH is 2. The molecule has 0 spiro atoms. The molecule has 2 rings (SSSR count). The van der Waals surface area contributed by atoms with Crippen molar-refractivity contribution < 1.29 is 28.6 Å². The van der Waals surface area contributed by atoms with Crippen LogP contribution in [-0.4, -0.2) is 40.4 Å². The summed E-state index contributed by atoms with van der Waals surface area (Å²) >= 11 is 6.12. The fraction of sp³-hybridized carbons (Fsp3) is 0.294. The number of hydrogen-bond donors (Lipinski definition) is 4. The van der Waals surface area contributed by atoms with E-state index in [9.17, 15) is 18.7 Å². The van der Waals surface area contributed by atoms with Gasteiger partial charge in [0.1, 0.15) is 12.7 Å². The molecule has 0 aliphatic rings. The number of aromatic nitrogens is 1. The normalized spacial score (nSPS) is 12.0. The predicted octanol–water partition coefficient (Wildman–Crippen LogP) is 2.39. The molecule has 10 heteroatoms. The molecular weight excluding hydrogens is 384 g/mol. The van der Waals surface area contributed by atoms with E-state index < -0.39 is 35.9 Å². The van der Waals surface area contributed by atoms with Crippen LogP contribution in [0.3, 0.4) is 0 Å². The molecule has 0 saturated carbocycles. The molecule has 1 aromatic heterocycles. The molecule has 1 amide bonds. The quantitative estimate of drug-likeness (QED) is 0.531. The maximum Gasteiger partial charge on any atom is 0.277 e. The number of benzene rings is 1. The van der Waals surface area contributed by atoms with Gasteiger partial charge in [-0.05, 0) is 31.5 Å². The number of nitrogens with one attached hydrogen (secondary N) is 2. The zero-order valence-electron chi connectivity index (χ0n) is 14.5. The summed E-state index contributed by atoms with van der Waals surface area (Å²) in [7, 11) is 0. The molecule has 1 heterocycles. The first kappa shape index (κ1) is 21.0. The van der Waals surface area contributed by atoms with E-state index in [2.05, 4.69) is 10.3 Å². The number of carbonyl (C=O) groups excluding carboxylic acids is 1. The summed E-state index contributed by atoms with van der Waals surface area (Å²) in [6.07, 6.45) is 0.188. The summed E-state index contributed by atoms with van der Waals surface area (Å²) in [4.78, 5) is 21.0. The lowest BCUT2D eigenvalue weighted by atomic mass is 10.1. The third-order valence-electron chi connectivity index (χ3n) is 3.69. The van der Waals surface area contributed by atoms with Crippen LogP contribution in [-0.2, 0) is 4.84 Å². The molecule has 4 N–H and O–H groups in total. The van der Waals surface area contributed by atoms with Gasteiger partial charge in [0.05, 0.1) is 40.5 Å². The molecule has 2 aromatic rings. The fourth-order valence-corrected chi connectivity index (χ4v) is 2.29. The molecule has 1 unspecified atom stereocenters. The summed E-state index contributed by atoms with van der Waals surface area (Å²) in [5.74, 6) is -3.31. The molecule has 0 bridgehead atoms. The SMILES string of the molecule is Cc1ncc(Nc2c(C(=O)NOCC(O)CO)ccc(F)c2F)c(C)c1Cl. The molecule has 0 radical (unpaired) electrons. The van der Waals surface area contributed by atoms with Gasteiger partial charge in [-0.3, -0.25) is 14.6 Å². The summed E-state index contributed by atoms with van der Waals surface area (Å²) in [5.41, 5.74) is 2.72. The van der Waals surface area contributed by atoms with Gasteiger partial charge in [0, 0.05) is 0 Å². The van der Waals surface area contributed by atoms with Crippen molar-refractivity contribution in [2.45, 2.75) is 20.0 Å². The van der Waals surface area contributed by atoms with Gasteiger partial charge < -0.3 is 15.5 Å². The Morgan fingerprint density at radius 1 is 1.37 bits per heavy atom. The molecule has 146 valence electrons. The van der Waals surface area contributed by atoms with Crippen LogP contribution in [0.1, 0.15) is 21.6 Å². The second kappa shape index (κ2) is 9.05. The van der Waals surface area contributed by atoms with E-state index in [1.165, 1.54) is 6.20 Å². The maximum absolute atomic E-state index is 14.3. The van der Waals surface area contributed by atoms with Crippen molar-refractivity contribution >= 4 is 28.9 Å². The number of hydroxylamine groups is 1. The van der Waals surface area contributed by atoms with Crippen LogP contribution in [0, 0.1) is 25.5 Å². The van der Waals surface area contributed by atoms with Crippen LogP contribution in [0.5, 0.6) is 0 Å². The highest BCUT2D eigenvalue weighted by Gasteiger charge is 2.21. The fourth-order valence-electron chi connectivity index (χ4n) is 2.14. The van der Waals surface area contributed by atoms with Gasteiger partial charge in [-0.2, -0.15) is 0 Å². The molecule has 1 atom stereocenters. The second-order valence-corrected chi connectivity index (χ2v) is 6.06. The zero-order chi connectivity index (χ0) is 20.1. The van der Waals surface area contributed by atoms with E-state index in [0.29, 0.717) is 22.0 Å². The van der Waals surface area contributed by atoms with Crippen LogP contribution in [0.15, 0.2) is 18.3 Å². The van der Waals surface area contributed by atoms with Crippen LogP contribution in [0.2, 0.25) is 5.02 Å². The lowest BCUT2D eigenvalue weighted by Gasteiger charge is -2.16. The highest BCUT2D eigenvalue weighted by atomic mass is 35.5. The smallest absolute Gasteiger partial charge is 0.277 e. The third kappa shape index (κ3) is 4.89. The van der Waals surface area contributed by atoms with Crippen molar-refractivity contribution in [1.82, 2.24) is 10.5 Å². The zero-order valence-corrected chi connectivity index (χ0v) is 15.3. The Hall–Kier alpha value is -2.33. The molecule has 0 aliphatic carbocycles. The molecule has 0 saturated heterocycles. The Bertz CT molecular complexity index is 851. The molecule has 7 nitrogen and oxygen atoms in total. The van der Waals surface area contributed by atoms with Crippen LogP contribution in [0.4, 0.5) is 20.2 Å². The minimum atomic E-state index is -1.27. The number of rotatable bonds is 7. The van der Waals surface area contributed by atoms with Crippen molar-refractivity contribution in [2.24, 2.45) is 0 Å². The van der Waals surface area contributed by atoms with E-state index in [0.717, 1.165) is 12.1 Å². The number of nitrogens with zero attached hydrogens (tertiary/aromatic N) is 1. The van der Waals surface area contributed by atoms with Crippen LogP contribution >= 0.6 is 11.6 Å². The molecule has 0 fully saturated rings. The second-order valence-electron chi connectivity index (χ2n) is 5.68. The predicted molar refractivity (Wildman–Crippen MR) is 94.9 cm³/mol. The number of halogens is 3. The Morgan fingerprint density at radius 2 is 2.07 bits per heavy atom. The molecule has 1 aromatic carbocycles. The summed E-state index contributed by atoms with van der Waals surface area (Å²) in [5, 5.41) is 20.9. The number of carbonyl (C=O) groups is 1. The summed E-state index contributed by atoms with van der Waals surface area (Å²) < 4.78 is 28.0. The lowest BCUT2D eigenvalue weighted by molar-refractivity contribution is -0.0295. The van der Waals surface area contributed by atoms with Gasteiger partial charge in [-0.25, -0.2) is 14.3 Å². The first-order valence-corrected chi connectivity index (χ1v) is 8.21. The highest BCUT2D eigenvalue weighted by Crippen LogP contribution is 2.31. The average molecular weight is 402 g/mol. The summed E-state index contributed by atoms with van der Waals surface area (Å²) in [6, 6.07) is 1.87. The average Bonchev–Trinajstić information content (AvgIpc) is 2.65. The molecule has 0 aliphatic heterocycles. The molecular formula is C17H18ClF2N3O4. The van der Waals surface area contributed by atoms with Crippen molar-refractivity contribution in [1.29, 1.82) is 0 Å². The van der Waals surface area contributed by atoms with Crippen molar-refractivity contribution in [3.63, 3.8) is 0 Å². The minimum Gasteiger partial charge on any atom is -0.394 e. The van der Waals surface area contributed by atoms with Gasteiger partial charge in [-0.1, -0.05) is 11.6 Å². The van der Waals surface area contributed by atoms with E-state index in [1.54, 1.807) is 13.8 Å². The highest BCUT2D eigenvalue weighted by molar-refractivity contribution is 6.32. The van der Waals surface area contributed by atoms with Crippen LogP contribution in [0.25, 0.3) is 0 Å². The van der Waals surface area contributed by atoms with Crippen LogP contribution < -0.4 is 10.8 Å². The maximum atomic E-state index is 14.3. The Balaban J connectivity index is 2.32. The van der Waals surface area contributed by atoms with Gasteiger partial charge in [0.25, 0.3) is 5.91 Å². The van der Waals surface area contributed by atoms with Gasteiger partial charge in [-0.15, -0.1) is 0 Å². The Kier molecular flexibility index (Phi) is 7.03. The first-order chi connectivity index (χ1) is 12.8. The van der Waals surface area contributed by atoms with E-state index >= 15 is 0 Å². The summed E-state index contributed by atoms with van der Waals surface area (Å²) in [6.45, 7) is 2.41. The number of amides is 1. The number of hydrogen-bond acceptors (Lipinski definition) is 6. The topological polar surface area (TPSA) is 104 Å². The van der Waals surface area contributed by atoms with Gasteiger partial charge in [0.2, 0.25) is 0 Å². The number of aliphatic hydroxyl groups is 2. The first-order valence-electron chi connectivity index (χ1n) is 7.84. The van der Waals surface area contributed by atoms with Crippen molar-refractivity contribution in [3.8, 4) is 0 Å².